The number of nitrogens with zero attached hydrogens (tertiary/aromatic N) is 2. The van der Waals surface area contributed by atoms with Crippen LogP contribution in [0.2, 0.25) is 0 Å². The number of benzene rings is 1. The molecule has 0 N–H and O–H groups in total. The summed E-state index contributed by atoms with van der Waals surface area (Å²) in [6.07, 6.45) is 0. The van der Waals surface area contributed by atoms with Crippen molar-refractivity contribution in [3.63, 3.8) is 0 Å². The molecule has 0 aliphatic carbocycles. The first kappa shape index (κ1) is 17.3. The van der Waals surface area contributed by atoms with Crippen LogP contribution in [0.5, 0.6) is 0 Å². The number of halogens is 1. The third-order valence-electron chi connectivity index (χ3n) is 5.07. The van der Waals surface area contributed by atoms with Crippen LogP contribution in [0.1, 0.15) is 12.5 Å². The molecule has 2 heterocycles. The Bertz CT molecular complexity index is 585. The van der Waals surface area contributed by atoms with Gasteiger partial charge >= 0.3 is 0 Å². The van der Waals surface area contributed by atoms with Gasteiger partial charge in [-0.1, -0.05) is 18.2 Å². The van der Waals surface area contributed by atoms with Gasteiger partial charge in [-0.05, 0) is 13.0 Å². The quantitative estimate of drug-likeness (QED) is 0.817. The highest BCUT2D eigenvalue weighted by atomic mass is 19.1. The van der Waals surface area contributed by atoms with Gasteiger partial charge in [0.15, 0.2) is 5.60 Å². The second kappa shape index (κ2) is 7.17. The van der Waals surface area contributed by atoms with Gasteiger partial charge in [-0.15, -0.1) is 0 Å². The molecule has 2 saturated heterocycles. The molecule has 0 radical (unpaired) electrons. The van der Waals surface area contributed by atoms with Crippen LogP contribution in [0, 0.1) is 11.7 Å². The third-order valence-corrected chi connectivity index (χ3v) is 5.07. The van der Waals surface area contributed by atoms with Crippen molar-refractivity contribution in [2.75, 3.05) is 53.0 Å². The van der Waals surface area contributed by atoms with Gasteiger partial charge in [0.05, 0.1) is 13.2 Å². The Morgan fingerprint density at radius 1 is 1.33 bits per heavy atom. The summed E-state index contributed by atoms with van der Waals surface area (Å²) >= 11 is 0. The summed E-state index contributed by atoms with van der Waals surface area (Å²) in [5.74, 6) is -0.123. The average molecular weight is 336 g/mol. The molecule has 1 amide bonds. The summed E-state index contributed by atoms with van der Waals surface area (Å²) in [6.45, 7) is 7.49. The fourth-order valence-electron chi connectivity index (χ4n) is 3.46. The van der Waals surface area contributed by atoms with Gasteiger partial charge in [0, 0.05) is 51.3 Å². The lowest BCUT2D eigenvalue weighted by Gasteiger charge is -2.45. The smallest absolute Gasteiger partial charge is 0.259 e. The van der Waals surface area contributed by atoms with Crippen LogP contribution in [-0.2, 0) is 19.9 Å². The molecule has 0 saturated carbocycles. The van der Waals surface area contributed by atoms with Crippen molar-refractivity contribution >= 4 is 5.91 Å². The number of rotatable bonds is 5. The Morgan fingerprint density at radius 3 is 2.62 bits per heavy atom. The van der Waals surface area contributed by atoms with E-state index in [9.17, 15) is 9.18 Å². The van der Waals surface area contributed by atoms with E-state index in [1.165, 1.54) is 13.2 Å². The number of methoxy groups -OCH3 is 1. The standard InChI is InChI=1S/C18H25FN2O3/c1-18(23-2,15-5-3-4-6-16(15)19)17(22)21-12-14(13-21)11-20-7-9-24-10-8-20/h3-6,14H,7-13H2,1-2H3/t18-/m0/s1. The maximum absolute atomic E-state index is 14.1. The number of hydrogen-bond donors (Lipinski definition) is 0. The van der Waals surface area contributed by atoms with Crippen molar-refractivity contribution in [3.8, 4) is 0 Å². The van der Waals surface area contributed by atoms with Gasteiger partial charge in [-0.25, -0.2) is 4.39 Å². The van der Waals surface area contributed by atoms with Crippen molar-refractivity contribution in [1.29, 1.82) is 0 Å². The molecular formula is C18H25FN2O3. The second-order valence-corrected chi connectivity index (χ2v) is 6.71. The van der Waals surface area contributed by atoms with Crippen molar-refractivity contribution in [2.45, 2.75) is 12.5 Å². The summed E-state index contributed by atoms with van der Waals surface area (Å²) in [5.41, 5.74) is -0.996. The number of carbonyl (C=O) groups is 1. The molecule has 2 fully saturated rings. The Hall–Kier alpha value is -1.50. The Morgan fingerprint density at radius 2 is 2.00 bits per heavy atom. The topological polar surface area (TPSA) is 42.0 Å². The predicted octanol–water partition coefficient (Wildman–Crippen LogP) is 1.48. The normalized spacial score (nSPS) is 22.0. The molecule has 1 aromatic carbocycles. The number of carbonyl (C=O) groups excluding carboxylic acids is 1. The number of amides is 1. The average Bonchev–Trinajstić information content (AvgIpc) is 2.58. The minimum absolute atomic E-state index is 0.173. The zero-order valence-corrected chi connectivity index (χ0v) is 14.3. The number of likely N-dealkylation sites (tertiary alicyclic amines) is 1. The molecule has 5 nitrogen and oxygen atoms in total. The third kappa shape index (κ3) is 3.31. The lowest BCUT2D eigenvalue weighted by molar-refractivity contribution is -0.162. The number of hydrogen-bond acceptors (Lipinski definition) is 4. The number of ether oxygens (including phenoxy) is 2. The van der Waals surface area contributed by atoms with E-state index >= 15 is 0 Å². The predicted molar refractivity (Wildman–Crippen MR) is 88.1 cm³/mol. The Balaban J connectivity index is 1.61. The van der Waals surface area contributed by atoms with E-state index in [4.69, 9.17) is 9.47 Å². The van der Waals surface area contributed by atoms with E-state index in [-0.39, 0.29) is 11.5 Å². The fourth-order valence-corrected chi connectivity index (χ4v) is 3.46. The molecule has 3 rings (SSSR count). The molecule has 132 valence electrons. The van der Waals surface area contributed by atoms with Crippen LogP contribution in [0.3, 0.4) is 0 Å². The molecule has 1 atom stereocenters. The molecule has 6 heteroatoms. The largest absolute Gasteiger partial charge is 0.379 e. The minimum atomic E-state index is -1.28. The first-order valence-electron chi connectivity index (χ1n) is 8.44. The van der Waals surface area contributed by atoms with Crippen LogP contribution >= 0.6 is 0 Å². The van der Waals surface area contributed by atoms with Gasteiger partial charge in [-0.2, -0.15) is 0 Å². The second-order valence-electron chi connectivity index (χ2n) is 6.71. The van der Waals surface area contributed by atoms with Crippen molar-refractivity contribution in [3.05, 3.63) is 35.6 Å². The maximum Gasteiger partial charge on any atom is 0.259 e. The Kier molecular flexibility index (Phi) is 5.18. The lowest BCUT2D eigenvalue weighted by atomic mass is 9.90. The highest BCUT2D eigenvalue weighted by molar-refractivity contribution is 5.87. The van der Waals surface area contributed by atoms with Gasteiger partial charge in [-0.3, -0.25) is 9.69 Å². The van der Waals surface area contributed by atoms with Gasteiger partial charge < -0.3 is 14.4 Å². The van der Waals surface area contributed by atoms with E-state index in [1.54, 1.807) is 30.0 Å². The SMILES string of the molecule is CO[C@](C)(C(=O)N1CC(CN2CCOCC2)C1)c1ccccc1F. The molecule has 0 spiro atoms. The van der Waals surface area contributed by atoms with Crippen LogP contribution in [0.4, 0.5) is 4.39 Å². The van der Waals surface area contributed by atoms with Crippen LogP contribution in [0.25, 0.3) is 0 Å². The zero-order valence-electron chi connectivity index (χ0n) is 14.3. The van der Waals surface area contributed by atoms with Crippen LogP contribution < -0.4 is 0 Å². The maximum atomic E-state index is 14.1. The summed E-state index contributed by atoms with van der Waals surface area (Å²) in [6, 6.07) is 6.31. The van der Waals surface area contributed by atoms with E-state index in [1.807, 2.05) is 0 Å². The fraction of sp³-hybridized carbons (Fsp3) is 0.611. The molecule has 24 heavy (non-hydrogen) atoms. The summed E-state index contributed by atoms with van der Waals surface area (Å²) in [4.78, 5) is 17.0. The van der Waals surface area contributed by atoms with E-state index in [2.05, 4.69) is 4.90 Å². The zero-order chi connectivity index (χ0) is 17.2. The van der Waals surface area contributed by atoms with Crippen LogP contribution in [0.15, 0.2) is 24.3 Å². The highest BCUT2D eigenvalue weighted by Gasteiger charge is 2.44. The first-order chi connectivity index (χ1) is 11.5. The van der Waals surface area contributed by atoms with Crippen LogP contribution in [-0.4, -0.2) is 68.8 Å². The van der Waals surface area contributed by atoms with Gasteiger partial charge in [0.2, 0.25) is 0 Å². The van der Waals surface area contributed by atoms with E-state index < -0.39 is 11.4 Å². The molecule has 2 aliphatic rings. The molecule has 0 bridgehead atoms. The first-order valence-corrected chi connectivity index (χ1v) is 8.44. The molecular weight excluding hydrogens is 311 g/mol. The van der Waals surface area contributed by atoms with Gasteiger partial charge in [0.1, 0.15) is 5.82 Å². The minimum Gasteiger partial charge on any atom is -0.379 e. The summed E-state index contributed by atoms with van der Waals surface area (Å²) < 4.78 is 24.9. The Labute approximate surface area is 142 Å². The molecule has 0 unspecified atom stereocenters. The van der Waals surface area contributed by atoms with Crippen molar-refractivity contribution in [1.82, 2.24) is 9.80 Å². The molecule has 0 aromatic heterocycles. The van der Waals surface area contributed by atoms with E-state index in [0.29, 0.717) is 19.0 Å². The van der Waals surface area contributed by atoms with E-state index in [0.717, 1.165) is 32.8 Å². The number of morpholine rings is 1. The monoisotopic (exact) mass is 336 g/mol. The lowest BCUT2D eigenvalue weighted by Crippen LogP contribution is -2.59. The van der Waals surface area contributed by atoms with Crippen molar-refractivity contribution in [2.24, 2.45) is 5.92 Å². The molecule has 1 aromatic rings. The summed E-state index contributed by atoms with van der Waals surface area (Å²) in [7, 11) is 1.45. The van der Waals surface area contributed by atoms with Gasteiger partial charge in [0.25, 0.3) is 5.91 Å². The summed E-state index contributed by atoms with van der Waals surface area (Å²) in [5, 5.41) is 0. The van der Waals surface area contributed by atoms with Crippen molar-refractivity contribution < 1.29 is 18.7 Å². The highest BCUT2D eigenvalue weighted by Crippen LogP contribution is 2.32. The molecule has 2 aliphatic heterocycles.